The van der Waals surface area contributed by atoms with Gasteiger partial charge in [0.2, 0.25) is 0 Å². The summed E-state index contributed by atoms with van der Waals surface area (Å²) in [7, 11) is 2.32. The molecular formula is C16H24N2. The first-order valence-corrected chi connectivity index (χ1v) is 7.32. The highest BCUT2D eigenvalue weighted by atomic mass is 15.2. The zero-order valence-corrected chi connectivity index (χ0v) is 11.3. The van der Waals surface area contributed by atoms with Gasteiger partial charge in [-0.15, -0.1) is 0 Å². The number of likely N-dealkylation sites (N-methyl/N-ethyl adjacent to an activating group) is 1. The Hall–Kier alpha value is -0.860. The lowest BCUT2D eigenvalue weighted by Crippen LogP contribution is -2.58. The molecule has 0 atom stereocenters. The molecule has 1 aliphatic heterocycles. The second-order valence-electron chi connectivity index (χ2n) is 5.89. The lowest BCUT2D eigenvalue weighted by molar-refractivity contribution is 0.0982. The van der Waals surface area contributed by atoms with Gasteiger partial charge in [0, 0.05) is 25.2 Å². The molecule has 1 aromatic carbocycles. The van der Waals surface area contributed by atoms with Gasteiger partial charge in [-0.25, -0.2) is 0 Å². The van der Waals surface area contributed by atoms with Crippen molar-refractivity contribution in [1.29, 1.82) is 0 Å². The summed E-state index contributed by atoms with van der Waals surface area (Å²) in [6.07, 6.45) is 5.46. The van der Waals surface area contributed by atoms with Crippen molar-refractivity contribution in [3.63, 3.8) is 0 Å². The number of hydrogen-bond donors (Lipinski definition) is 1. The molecule has 1 aliphatic carbocycles. The van der Waals surface area contributed by atoms with E-state index in [4.69, 9.17) is 0 Å². The van der Waals surface area contributed by atoms with Crippen LogP contribution in [0.2, 0.25) is 0 Å². The Balaban J connectivity index is 1.54. The Morgan fingerprint density at radius 2 is 1.61 bits per heavy atom. The van der Waals surface area contributed by atoms with Crippen LogP contribution in [0, 0.1) is 0 Å². The molecule has 1 aromatic rings. The van der Waals surface area contributed by atoms with Crippen LogP contribution < -0.4 is 5.32 Å². The molecule has 0 bridgehead atoms. The van der Waals surface area contributed by atoms with Crippen LogP contribution in [0.1, 0.15) is 37.2 Å². The molecular weight excluding hydrogens is 220 g/mol. The number of nitrogens with one attached hydrogen (secondary N) is 1. The average molecular weight is 244 g/mol. The van der Waals surface area contributed by atoms with Crippen molar-refractivity contribution >= 4 is 0 Å². The van der Waals surface area contributed by atoms with Crippen molar-refractivity contribution in [3.05, 3.63) is 35.9 Å². The third-order valence-electron chi connectivity index (χ3n) is 4.88. The molecule has 18 heavy (non-hydrogen) atoms. The molecule has 98 valence electrons. The predicted octanol–water partition coefficient (Wildman–Crippen LogP) is 2.62. The van der Waals surface area contributed by atoms with Crippen molar-refractivity contribution in [2.24, 2.45) is 0 Å². The van der Waals surface area contributed by atoms with Gasteiger partial charge in [-0.1, -0.05) is 30.3 Å². The summed E-state index contributed by atoms with van der Waals surface area (Å²) in [4.78, 5) is 2.62. The Morgan fingerprint density at radius 1 is 0.944 bits per heavy atom. The average Bonchev–Trinajstić information content (AvgIpc) is 2.38. The first kappa shape index (κ1) is 12.2. The maximum atomic E-state index is 3.37. The van der Waals surface area contributed by atoms with Crippen LogP contribution in [-0.2, 0) is 0 Å². The summed E-state index contributed by atoms with van der Waals surface area (Å²) < 4.78 is 0. The molecule has 2 aliphatic rings. The topological polar surface area (TPSA) is 15.3 Å². The third-order valence-corrected chi connectivity index (χ3v) is 4.88. The maximum absolute atomic E-state index is 3.37. The summed E-state index contributed by atoms with van der Waals surface area (Å²) >= 11 is 0. The maximum Gasteiger partial charge on any atom is 0.0345 e. The molecule has 0 amide bonds. The monoisotopic (exact) mass is 244 g/mol. The van der Waals surface area contributed by atoms with Gasteiger partial charge in [0.1, 0.15) is 0 Å². The lowest BCUT2D eigenvalue weighted by Gasteiger charge is -2.43. The number of nitrogens with zero attached hydrogens (tertiary/aromatic N) is 1. The Bertz CT molecular complexity index is 364. The van der Waals surface area contributed by atoms with E-state index >= 15 is 0 Å². The Labute approximate surface area is 110 Å². The quantitative estimate of drug-likeness (QED) is 0.879. The number of hydrogen-bond acceptors (Lipinski definition) is 2. The highest BCUT2D eigenvalue weighted by molar-refractivity contribution is 5.20. The van der Waals surface area contributed by atoms with Crippen LogP contribution in [0.4, 0.5) is 0 Å². The van der Waals surface area contributed by atoms with E-state index in [2.05, 4.69) is 47.6 Å². The Kier molecular flexibility index (Phi) is 3.67. The minimum absolute atomic E-state index is 0.795. The SMILES string of the molecule is CN(C1CCC(c2ccccc2)CC1)C1CNC1. The largest absolute Gasteiger partial charge is 0.314 e. The summed E-state index contributed by atoms with van der Waals surface area (Å²) in [5.74, 6) is 0.801. The normalized spacial score (nSPS) is 29.2. The predicted molar refractivity (Wildman–Crippen MR) is 75.9 cm³/mol. The smallest absolute Gasteiger partial charge is 0.0345 e. The van der Waals surface area contributed by atoms with Gasteiger partial charge in [-0.2, -0.15) is 0 Å². The van der Waals surface area contributed by atoms with Crippen LogP contribution in [-0.4, -0.2) is 37.1 Å². The van der Waals surface area contributed by atoms with Crippen LogP contribution in [0.5, 0.6) is 0 Å². The van der Waals surface area contributed by atoms with E-state index in [9.17, 15) is 0 Å². The van der Waals surface area contributed by atoms with E-state index < -0.39 is 0 Å². The standard InChI is InChI=1S/C16H24N2/c1-18(16-11-17-12-16)15-9-7-14(8-10-15)13-5-3-2-4-6-13/h2-6,14-17H,7-12H2,1H3. The van der Waals surface area contributed by atoms with Crippen LogP contribution in [0.25, 0.3) is 0 Å². The van der Waals surface area contributed by atoms with Crippen LogP contribution >= 0.6 is 0 Å². The van der Waals surface area contributed by atoms with E-state index in [-0.39, 0.29) is 0 Å². The molecule has 1 N–H and O–H groups in total. The molecule has 1 saturated carbocycles. The zero-order chi connectivity index (χ0) is 12.4. The van der Waals surface area contributed by atoms with Gasteiger partial charge in [0.25, 0.3) is 0 Å². The van der Waals surface area contributed by atoms with Gasteiger partial charge >= 0.3 is 0 Å². The molecule has 0 aromatic heterocycles. The van der Waals surface area contributed by atoms with Crippen molar-refractivity contribution in [2.75, 3.05) is 20.1 Å². The number of rotatable bonds is 3. The number of benzene rings is 1. The summed E-state index contributed by atoms with van der Waals surface area (Å²) in [6.45, 7) is 2.38. The first-order valence-electron chi connectivity index (χ1n) is 7.32. The van der Waals surface area contributed by atoms with Crippen molar-refractivity contribution in [1.82, 2.24) is 10.2 Å². The molecule has 0 radical (unpaired) electrons. The van der Waals surface area contributed by atoms with Crippen LogP contribution in [0.15, 0.2) is 30.3 Å². The van der Waals surface area contributed by atoms with Crippen molar-refractivity contribution in [2.45, 2.75) is 43.7 Å². The summed E-state index contributed by atoms with van der Waals surface area (Å²) in [5, 5.41) is 3.37. The first-order chi connectivity index (χ1) is 8.84. The molecule has 2 nitrogen and oxygen atoms in total. The molecule has 2 heteroatoms. The summed E-state index contributed by atoms with van der Waals surface area (Å²) in [6, 6.07) is 12.7. The fourth-order valence-corrected chi connectivity index (χ4v) is 3.40. The van der Waals surface area contributed by atoms with Crippen molar-refractivity contribution < 1.29 is 0 Å². The fraction of sp³-hybridized carbons (Fsp3) is 0.625. The second kappa shape index (κ2) is 5.41. The molecule has 1 heterocycles. The minimum Gasteiger partial charge on any atom is -0.314 e. The van der Waals surface area contributed by atoms with Crippen LogP contribution in [0.3, 0.4) is 0 Å². The molecule has 0 unspecified atom stereocenters. The highest BCUT2D eigenvalue weighted by Crippen LogP contribution is 2.34. The van der Waals surface area contributed by atoms with E-state index in [1.165, 1.54) is 38.8 Å². The van der Waals surface area contributed by atoms with Gasteiger partial charge in [0.05, 0.1) is 0 Å². The molecule has 0 spiro atoms. The summed E-state index contributed by atoms with van der Waals surface area (Å²) in [5.41, 5.74) is 1.55. The van der Waals surface area contributed by atoms with Gasteiger partial charge in [-0.3, -0.25) is 4.90 Å². The molecule has 1 saturated heterocycles. The Morgan fingerprint density at radius 3 is 2.17 bits per heavy atom. The van der Waals surface area contributed by atoms with Gasteiger partial charge in [0.15, 0.2) is 0 Å². The molecule has 2 fully saturated rings. The second-order valence-corrected chi connectivity index (χ2v) is 5.89. The molecule has 3 rings (SSSR count). The van der Waals surface area contributed by atoms with Gasteiger partial charge < -0.3 is 5.32 Å². The van der Waals surface area contributed by atoms with E-state index in [1.807, 2.05) is 0 Å². The van der Waals surface area contributed by atoms with Gasteiger partial charge in [-0.05, 0) is 44.2 Å². The lowest BCUT2D eigenvalue weighted by atomic mass is 9.81. The highest BCUT2D eigenvalue weighted by Gasteiger charge is 2.30. The fourth-order valence-electron chi connectivity index (χ4n) is 3.40. The third kappa shape index (κ3) is 2.45. The minimum atomic E-state index is 0.795. The van der Waals surface area contributed by atoms with E-state index in [1.54, 1.807) is 5.56 Å². The van der Waals surface area contributed by atoms with E-state index in [0.29, 0.717) is 0 Å². The van der Waals surface area contributed by atoms with Crippen molar-refractivity contribution in [3.8, 4) is 0 Å². The zero-order valence-electron chi connectivity index (χ0n) is 11.3. The van der Waals surface area contributed by atoms with E-state index in [0.717, 1.165) is 18.0 Å².